The minimum Gasteiger partial charge on any atom is -0.304 e. The summed E-state index contributed by atoms with van der Waals surface area (Å²) in [5.41, 5.74) is 2.00. The molecule has 0 aliphatic carbocycles. The molecule has 0 saturated heterocycles. The van der Waals surface area contributed by atoms with E-state index in [0.29, 0.717) is 0 Å². The van der Waals surface area contributed by atoms with Gasteiger partial charge in [0.05, 0.1) is 10.4 Å². The molecule has 0 atom stereocenters. The number of rotatable bonds is 8. The Morgan fingerprint density at radius 1 is 0.900 bits per heavy atom. The van der Waals surface area contributed by atoms with Crippen molar-refractivity contribution in [2.45, 2.75) is 25.2 Å². The molecule has 4 aromatic rings. The van der Waals surface area contributed by atoms with Gasteiger partial charge in [0.2, 0.25) is 0 Å². The molecule has 30 heavy (non-hydrogen) atoms. The number of nitrogens with zero attached hydrogens (tertiary/aromatic N) is 2. The number of hydrogen-bond donors (Lipinski definition) is 1. The standard InChI is InChI=1S/C24H27N3O2S/c1-3-26(4-2)16-15-21-18-27(24-12-8-7-11-23(21)24)25-30(28,29)22-14-13-19-9-5-6-10-20(19)17-22/h5-14,17-18,25H,3-4,15-16H2,1-2H3. The first-order valence-corrected chi connectivity index (χ1v) is 11.8. The van der Waals surface area contributed by atoms with Crippen LogP contribution in [0.15, 0.2) is 77.8 Å². The monoisotopic (exact) mass is 421 g/mol. The predicted octanol–water partition coefficient (Wildman–Crippen LogP) is 4.61. The van der Waals surface area contributed by atoms with E-state index in [1.54, 1.807) is 16.8 Å². The van der Waals surface area contributed by atoms with Gasteiger partial charge in [-0.3, -0.25) is 4.68 Å². The number of hydrogen-bond acceptors (Lipinski definition) is 3. The van der Waals surface area contributed by atoms with Gasteiger partial charge in [-0.15, -0.1) is 0 Å². The highest BCUT2D eigenvalue weighted by atomic mass is 32.2. The van der Waals surface area contributed by atoms with E-state index in [1.807, 2.05) is 60.8 Å². The van der Waals surface area contributed by atoms with Gasteiger partial charge >= 0.3 is 0 Å². The van der Waals surface area contributed by atoms with Crippen LogP contribution in [0.3, 0.4) is 0 Å². The van der Waals surface area contributed by atoms with Crippen molar-refractivity contribution in [1.82, 2.24) is 9.58 Å². The van der Waals surface area contributed by atoms with Gasteiger partial charge in [0, 0.05) is 18.1 Å². The van der Waals surface area contributed by atoms with Crippen LogP contribution in [0.25, 0.3) is 21.7 Å². The first kappa shape index (κ1) is 20.4. The lowest BCUT2D eigenvalue weighted by Gasteiger charge is -2.17. The van der Waals surface area contributed by atoms with Gasteiger partial charge in [0.1, 0.15) is 0 Å². The summed E-state index contributed by atoms with van der Waals surface area (Å²) in [7, 11) is -3.72. The second kappa shape index (κ2) is 8.50. The van der Waals surface area contributed by atoms with Gasteiger partial charge in [0.15, 0.2) is 0 Å². The van der Waals surface area contributed by atoms with Crippen molar-refractivity contribution in [2.24, 2.45) is 0 Å². The molecule has 3 aromatic carbocycles. The van der Waals surface area contributed by atoms with Crippen molar-refractivity contribution in [3.05, 3.63) is 78.5 Å². The summed E-state index contributed by atoms with van der Waals surface area (Å²) in [5, 5.41) is 2.99. The third-order valence-electron chi connectivity index (χ3n) is 5.64. The predicted molar refractivity (Wildman–Crippen MR) is 124 cm³/mol. The zero-order valence-corrected chi connectivity index (χ0v) is 18.2. The molecule has 1 aromatic heterocycles. The van der Waals surface area contributed by atoms with Crippen LogP contribution in [-0.4, -0.2) is 37.6 Å². The maximum Gasteiger partial charge on any atom is 0.275 e. The molecule has 6 heteroatoms. The SMILES string of the molecule is CCN(CC)CCc1cn(NS(=O)(=O)c2ccc3ccccc3c2)c2ccccc12. The molecule has 5 nitrogen and oxygen atoms in total. The highest BCUT2D eigenvalue weighted by Crippen LogP contribution is 2.24. The summed E-state index contributed by atoms with van der Waals surface area (Å²) in [4.78, 5) is 5.37. The van der Waals surface area contributed by atoms with Crippen LogP contribution in [0, 0.1) is 0 Å². The fourth-order valence-electron chi connectivity index (χ4n) is 3.86. The first-order valence-electron chi connectivity index (χ1n) is 10.3. The van der Waals surface area contributed by atoms with Gasteiger partial charge in [-0.1, -0.05) is 62.4 Å². The number of nitrogens with one attached hydrogen (secondary N) is 1. The van der Waals surface area contributed by atoms with E-state index in [4.69, 9.17) is 0 Å². The maximum atomic E-state index is 13.1. The van der Waals surface area contributed by atoms with Crippen molar-refractivity contribution in [2.75, 3.05) is 24.5 Å². The molecule has 4 rings (SSSR count). The molecule has 0 aliphatic rings. The highest BCUT2D eigenvalue weighted by molar-refractivity contribution is 7.92. The normalized spacial score (nSPS) is 12.1. The Labute approximate surface area is 178 Å². The molecule has 0 unspecified atom stereocenters. The number of likely N-dealkylation sites (N-methyl/N-ethyl adjacent to an activating group) is 1. The van der Waals surface area contributed by atoms with Crippen LogP contribution in [0.2, 0.25) is 0 Å². The molecule has 0 bridgehead atoms. The fraction of sp³-hybridized carbons (Fsp3) is 0.250. The van der Waals surface area contributed by atoms with E-state index < -0.39 is 10.0 Å². The van der Waals surface area contributed by atoms with Crippen LogP contribution in [-0.2, 0) is 16.4 Å². The summed E-state index contributed by atoms with van der Waals surface area (Å²) >= 11 is 0. The van der Waals surface area contributed by atoms with Gasteiger partial charge in [0.25, 0.3) is 10.0 Å². The second-order valence-electron chi connectivity index (χ2n) is 7.42. The third kappa shape index (κ3) is 4.06. The van der Waals surface area contributed by atoms with Crippen LogP contribution in [0.4, 0.5) is 0 Å². The van der Waals surface area contributed by atoms with Crippen LogP contribution in [0.1, 0.15) is 19.4 Å². The molecule has 0 amide bonds. The quantitative estimate of drug-likeness (QED) is 0.452. The first-order chi connectivity index (χ1) is 14.5. The smallest absolute Gasteiger partial charge is 0.275 e. The summed E-state index contributed by atoms with van der Waals surface area (Å²) in [6.07, 6.45) is 2.78. The van der Waals surface area contributed by atoms with Crippen molar-refractivity contribution in [1.29, 1.82) is 0 Å². The lowest BCUT2D eigenvalue weighted by Crippen LogP contribution is -2.25. The highest BCUT2D eigenvalue weighted by Gasteiger charge is 2.17. The Bertz CT molecular complexity index is 1270. The van der Waals surface area contributed by atoms with Gasteiger partial charge in [-0.25, -0.2) is 4.83 Å². The van der Waals surface area contributed by atoms with Crippen molar-refractivity contribution in [3.63, 3.8) is 0 Å². The molecule has 0 fully saturated rings. The Kier molecular flexibility index (Phi) is 5.79. The molecule has 1 N–H and O–H groups in total. The van der Waals surface area contributed by atoms with E-state index in [0.717, 1.165) is 53.3 Å². The van der Waals surface area contributed by atoms with Crippen LogP contribution >= 0.6 is 0 Å². The van der Waals surface area contributed by atoms with Gasteiger partial charge < -0.3 is 4.90 Å². The number of aromatic nitrogens is 1. The second-order valence-corrected chi connectivity index (χ2v) is 9.08. The van der Waals surface area contributed by atoms with Gasteiger partial charge in [-0.05, 0) is 54.0 Å². The Morgan fingerprint density at radius 2 is 1.60 bits per heavy atom. The molecule has 0 spiro atoms. The Morgan fingerprint density at radius 3 is 2.37 bits per heavy atom. The molecule has 0 radical (unpaired) electrons. The van der Waals surface area contributed by atoms with Crippen LogP contribution < -0.4 is 4.83 Å². The molecule has 1 heterocycles. The summed E-state index contributed by atoms with van der Waals surface area (Å²) < 4.78 is 27.9. The molecule has 156 valence electrons. The number of benzene rings is 3. The lowest BCUT2D eigenvalue weighted by molar-refractivity contribution is 0.308. The van der Waals surface area contributed by atoms with E-state index >= 15 is 0 Å². The number of fused-ring (bicyclic) bond motifs is 2. The zero-order valence-electron chi connectivity index (χ0n) is 17.4. The van der Waals surface area contributed by atoms with Crippen molar-refractivity contribution in [3.8, 4) is 0 Å². The molecular weight excluding hydrogens is 394 g/mol. The lowest BCUT2D eigenvalue weighted by atomic mass is 10.1. The largest absolute Gasteiger partial charge is 0.304 e. The van der Waals surface area contributed by atoms with Gasteiger partial charge in [-0.2, -0.15) is 8.42 Å². The third-order valence-corrected chi connectivity index (χ3v) is 6.95. The minimum absolute atomic E-state index is 0.253. The molecular formula is C24H27N3O2S. The average Bonchev–Trinajstić information content (AvgIpc) is 3.11. The Balaban J connectivity index is 1.67. The van der Waals surface area contributed by atoms with E-state index in [9.17, 15) is 8.42 Å². The van der Waals surface area contributed by atoms with Crippen molar-refractivity contribution < 1.29 is 8.42 Å². The van der Waals surface area contributed by atoms with E-state index in [-0.39, 0.29) is 4.90 Å². The average molecular weight is 422 g/mol. The summed E-state index contributed by atoms with van der Waals surface area (Å²) in [5.74, 6) is 0. The van der Waals surface area contributed by atoms with E-state index in [2.05, 4.69) is 23.6 Å². The molecule has 0 aliphatic heterocycles. The van der Waals surface area contributed by atoms with E-state index in [1.165, 1.54) is 0 Å². The number of sulfonamides is 1. The summed E-state index contributed by atoms with van der Waals surface area (Å²) in [6.45, 7) is 7.26. The maximum absolute atomic E-state index is 13.1. The fourth-order valence-corrected chi connectivity index (χ4v) is 4.90. The summed E-state index contributed by atoms with van der Waals surface area (Å²) in [6, 6.07) is 20.9. The zero-order chi connectivity index (χ0) is 21.1. The minimum atomic E-state index is -3.72. The topological polar surface area (TPSA) is 54.3 Å². The van der Waals surface area contributed by atoms with Crippen LogP contribution in [0.5, 0.6) is 0 Å². The Hall–Kier alpha value is -2.83. The molecule has 0 saturated carbocycles. The van der Waals surface area contributed by atoms with Crippen molar-refractivity contribution >= 4 is 31.7 Å². The number of para-hydroxylation sites is 1.